The Balaban J connectivity index is 1.37. The fourth-order valence-electron chi connectivity index (χ4n) is 6.09. The summed E-state index contributed by atoms with van der Waals surface area (Å²) in [6.07, 6.45) is 9.46. The molecule has 6 heteroatoms. The number of hydrogen-bond donors (Lipinski definition) is 0. The van der Waals surface area contributed by atoms with Gasteiger partial charge in [0.2, 0.25) is 0 Å². The maximum absolute atomic E-state index is 11.4. The van der Waals surface area contributed by atoms with E-state index in [0.29, 0.717) is 23.4 Å². The molecule has 3 heterocycles. The molecule has 0 spiro atoms. The number of nitrogens with zero attached hydrogens (tertiary/aromatic N) is 3. The van der Waals surface area contributed by atoms with Gasteiger partial charge in [0, 0.05) is 31.2 Å². The van der Waals surface area contributed by atoms with Crippen LogP contribution in [0.15, 0.2) is 40.8 Å². The third-order valence-corrected chi connectivity index (χ3v) is 7.42. The van der Waals surface area contributed by atoms with Crippen LogP contribution in [-0.2, 0) is 6.54 Å². The molecule has 160 valence electrons. The Bertz CT molecular complexity index is 889. The van der Waals surface area contributed by atoms with Crippen LogP contribution < -0.4 is 0 Å². The van der Waals surface area contributed by atoms with E-state index in [1.807, 2.05) is 18.2 Å². The van der Waals surface area contributed by atoms with E-state index >= 15 is 0 Å². The van der Waals surface area contributed by atoms with Crippen molar-refractivity contribution in [3.63, 3.8) is 0 Å². The van der Waals surface area contributed by atoms with Crippen molar-refractivity contribution in [1.29, 1.82) is 0 Å². The lowest BCUT2D eigenvalue weighted by atomic mass is 9.78. The van der Waals surface area contributed by atoms with Gasteiger partial charge in [0.1, 0.15) is 11.5 Å². The van der Waals surface area contributed by atoms with Gasteiger partial charge in [-0.05, 0) is 56.3 Å². The summed E-state index contributed by atoms with van der Waals surface area (Å²) in [5.74, 6) is 2.29. The molecule has 5 rings (SSSR count). The lowest BCUT2D eigenvalue weighted by molar-refractivity contribution is -0.384. The second kappa shape index (κ2) is 8.52. The smallest absolute Gasteiger partial charge is 0.280 e. The van der Waals surface area contributed by atoms with Crippen LogP contribution in [-0.4, -0.2) is 46.4 Å². The molecule has 3 aliphatic rings. The molecule has 2 unspecified atom stereocenters. The summed E-state index contributed by atoms with van der Waals surface area (Å²) in [5, 5.41) is 11.4. The molecule has 0 amide bonds. The predicted molar refractivity (Wildman–Crippen MR) is 116 cm³/mol. The van der Waals surface area contributed by atoms with Gasteiger partial charge < -0.3 is 4.42 Å². The van der Waals surface area contributed by atoms with Crippen molar-refractivity contribution in [3.8, 4) is 11.3 Å². The predicted octanol–water partition coefficient (Wildman–Crippen LogP) is 5.08. The molecule has 1 aliphatic carbocycles. The molecular weight excluding hydrogens is 378 g/mol. The molecule has 2 aliphatic heterocycles. The molecule has 2 atom stereocenters. The lowest BCUT2D eigenvalue weighted by Gasteiger charge is -2.49. The number of piperazine rings is 1. The molecule has 6 nitrogen and oxygen atoms in total. The van der Waals surface area contributed by atoms with Crippen molar-refractivity contribution in [1.82, 2.24) is 9.80 Å². The van der Waals surface area contributed by atoms with E-state index in [0.717, 1.165) is 31.3 Å². The van der Waals surface area contributed by atoms with Crippen LogP contribution in [0.2, 0.25) is 0 Å². The van der Waals surface area contributed by atoms with Gasteiger partial charge in [0.25, 0.3) is 5.69 Å². The Hall–Kier alpha value is -2.18. The van der Waals surface area contributed by atoms with Gasteiger partial charge in [-0.25, -0.2) is 0 Å². The number of furan rings is 1. The zero-order chi connectivity index (χ0) is 20.5. The molecule has 0 N–H and O–H groups in total. The summed E-state index contributed by atoms with van der Waals surface area (Å²) >= 11 is 0. The number of fused-ring (bicyclic) bond motifs is 1. The monoisotopic (exact) mass is 409 g/mol. The van der Waals surface area contributed by atoms with Crippen LogP contribution in [0, 0.1) is 16.0 Å². The highest BCUT2D eigenvalue weighted by molar-refractivity contribution is 5.69. The molecule has 30 heavy (non-hydrogen) atoms. The van der Waals surface area contributed by atoms with E-state index in [2.05, 4.69) is 9.80 Å². The van der Waals surface area contributed by atoms with Crippen molar-refractivity contribution in [2.45, 2.75) is 63.6 Å². The molecular formula is C24H31N3O3. The van der Waals surface area contributed by atoms with E-state index in [-0.39, 0.29) is 10.6 Å². The van der Waals surface area contributed by atoms with Gasteiger partial charge in [-0.1, -0.05) is 31.4 Å². The summed E-state index contributed by atoms with van der Waals surface area (Å²) in [7, 11) is 0. The molecule has 1 aromatic heterocycles. The fraction of sp³-hybridized carbons (Fsp3) is 0.583. The van der Waals surface area contributed by atoms with Crippen LogP contribution in [0.4, 0.5) is 5.69 Å². The lowest BCUT2D eigenvalue weighted by Crippen LogP contribution is -2.59. The van der Waals surface area contributed by atoms with E-state index in [1.54, 1.807) is 12.1 Å². The van der Waals surface area contributed by atoms with Crippen molar-refractivity contribution in [3.05, 3.63) is 52.3 Å². The van der Waals surface area contributed by atoms with Crippen molar-refractivity contribution in [2.75, 3.05) is 19.6 Å². The van der Waals surface area contributed by atoms with Crippen molar-refractivity contribution < 1.29 is 9.34 Å². The minimum absolute atomic E-state index is 0.0954. The maximum atomic E-state index is 11.4. The third-order valence-electron chi connectivity index (χ3n) is 7.42. The second-order valence-electron chi connectivity index (χ2n) is 9.14. The van der Waals surface area contributed by atoms with Gasteiger partial charge in [0.15, 0.2) is 0 Å². The Morgan fingerprint density at radius 2 is 1.80 bits per heavy atom. The molecule has 1 aromatic carbocycles. The fourth-order valence-corrected chi connectivity index (χ4v) is 6.09. The van der Waals surface area contributed by atoms with Crippen LogP contribution in [0.3, 0.4) is 0 Å². The summed E-state index contributed by atoms with van der Waals surface area (Å²) in [4.78, 5) is 16.4. The first-order valence-electron chi connectivity index (χ1n) is 11.5. The summed E-state index contributed by atoms with van der Waals surface area (Å²) in [5.41, 5.74) is 0.649. The minimum atomic E-state index is -0.337. The van der Waals surface area contributed by atoms with E-state index in [9.17, 15) is 10.1 Å². The van der Waals surface area contributed by atoms with Gasteiger partial charge in [-0.15, -0.1) is 0 Å². The summed E-state index contributed by atoms with van der Waals surface area (Å²) in [6, 6.07) is 12.0. The average molecular weight is 410 g/mol. The quantitative estimate of drug-likeness (QED) is 0.509. The van der Waals surface area contributed by atoms with Crippen LogP contribution in [0.1, 0.15) is 50.7 Å². The number of benzene rings is 1. The first-order valence-corrected chi connectivity index (χ1v) is 11.5. The van der Waals surface area contributed by atoms with Crippen molar-refractivity contribution >= 4 is 5.69 Å². The Kier molecular flexibility index (Phi) is 5.61. The summed E-state index contributed by atoms with van der Waals surface area (Å²) < 4.78 is 6.15. The Labute approximate surface area is 178 Å². The topological polar surface area (TPSA) is 62.8 Å². The zero-order valence-electron chi connectivity index (χ0n) is 17.5. The van der Waals surface area contributed by atoms with E-state index in [1.165, 1.54) is 57.6 Å². The number of rotatable bonds is 5. The number of hydrogen-bond acceptors (Lipinski definition) is 5. The van der Waals surface area contributed by atoms with Crippen LogP contribution in [0.5, 0.6) is 0 Å². The van der Waals surface area contributed by atoms with E-state index in [4.69, 9.17) is 4.42 Å². The normalized spacial score (nSPS) is 26.0. The molecule has 2 saturated heterocycles. The van der Waals surface area contributed by atoms with E-state index < -0.39 is 0 Å². The van der Waals surface area contributed by atoms with Gasteiger partial charge >= 0.3 is 0 Å². The first-order chi connectivity index (χ1) is 14.7. The number of nitro benzene ring substituents is 1. The SMILES string of the molecule is O=[N+]([O-])c1ccccc1-c1ccc(CN2CCN3CCCC3C2C2CCCCC2)o1. The molecule has 3 fully saturated rings. The standard InChI is InChI=1S/C24H31N3O3/c28-27(29)21-10-5-4-9-20(21)23-13-12-19(30-23)17-26-16-15-25-14-6-11-22(25)24(26)18-7-2-1-3-8-18/h4-5,9-10,12-13,18,22,24H,1-3,6-8,11,14-17H2. The largest absolute Gasteiger partial charge is 0.459 e. The maximum Gasteiger partial charge on any atom is 0.280 e. The van der Waals surface area contributed by atoms with Crippen molar-refractivity contribution in [2.24, 2.45) is 5.92 Å². The summed E-state index contributed by atoms with van der Waals surface area (Å²) in [6.45, 7) is 4.28. The average Bonchev–Trinajstić information content (AvgIpc) is 3.44. The Morgan fingerprint density at radius 3 is 2.63 bits per heavy atom. The highest BCUT2D eigenvalue weighted by Crippen LogP contribution is 2.38. The Morgan fingerprint density at radius 1 is 0.967 bits per heavy atom. The van der Waals surface area contributed by atoms with Gasteiger partial charge in [0.05, 0.1) is 17.0 Å². The minimum Gasteiger partial charge on any atom is -0.459 e. The molecule has 2 aromatic rings. The number of para-hydroxylation sites is 1. The molecule has 1 saturated carbocycles. The van der Waals surface area contributed by atoms with Gasteiger partial charge in [-0.2, -0.15) is 0 Å². The molecule has 0 bridgehead atoms. The number of nitro groups is 1. The van der Waals surface area contributed by atoms with Gasteiger partial charge in [-0.3, -0.25) is 19.9 Å². The van der Waals surface area contributed by atoms with Crippen LogP contribution in [0.25, 0.3) is 11.3 Å². The molecule has 0 radical (unpaired) electrons. The highest BCUT2D eigenvalue weighted by Gasteiger charge is 2.43. The zero-order valence-corrected chi connectivity index (χ0v) is 17.5. The second-order valence-corrected chi connectivity index (χ2v) is 9.14. The third kappa shape index (κ3) is 3.79. The first kappa shape index (κ1) is 19.8. The van der Waals surface area contributed by atoms with Crippen LogP contribution >= 0.6 is 0 Å². The highest BCUT2D eigenvalue weighted by atomic mass is 16.6.